The van der Waals surface area contributed by atoms with E-state index < -0.39 is 0 Å². The third kappa shape index (κ3) is 6.49. The monoisotopic (exact) mass is 505 g/mol. The van der Waals surface area contributed by atoms with Crippen molar-refractivity contribution in [2.24, 2.45) is 4.99 Å². The Balaban J connectivity index is 0.00000300. The lowest BCUT2D eigenvalue weighted by Gasteiger charge is -2.15. The van der Waals surface area contributed by atoms with Crippen molar-refractivity contribution in [1.29, 1.82) is 0 Å². The number of ether oxygens (including phenoxy) is 1. The zero-order valence-corrected chi connectivity index (χ0v) is 19.2. The van der Waals surface area contributed by atoms with Gasteiger partial charge in [-0.25, -0.2) is 9.98 Å². The van der Waals surface area contributed by atoms with E-state index in [4.69, 9.17) is 9.73 Å². The number of hydrogen-bond donors (Lipinski definition) is 2. The number of guanidine groups is 1. The molecule has 3 aromatic rings. The minimum atomic E-state index is 0. The van der Waals surface area contributed by atoms with Crippen molar-refractivity contribution in [2.45, 2.75) is 26.9 Å². The summed E-state index contributed by atoms with van der Waals surface area (Å²) in [5, 5.41) is 6.73. The molecule has 0 aliphatic carbocycles. The van der Waals surface area contributed by atoms with Crippen LogP contribution in [0.15, 0.2) is 72.2 Å². The van der Waals surface area contributed by atoms with Crippen LogP contribution >= 0.6 is 24.0 Å². The minimum Gasteiger partial charge on any atom is -0.494 e. The van der Waals surface area contributed by atoms with Crippen LogP contribution in [0.2, 0.25) is 0 Å². The highest BCUT2D eigenvalue weighted by Crippen LogP contribution is 2.19. The van der Waals surface area contributed by atoms with Gasteiger partial charge in [0, 0.05) is 31.0 Å². The molecule has 3 rings (SSSR count). The molecule has 0 aliphatic rings. The van der Waals surface area contributed by atoms with E-state index in [1.54, 1.807) is 6.20 Å². The highest BCUT2D eigenvalue weighted by atomic mass is 127. The summed E-state index contributed by atoms with van der Waals surface area (Å²) in [4.78, 5) is 8.87. The van der Waals surface area contributed by atoms with Crippen LogP contribution in [0.3, 0.4) is 0 Å². The van der Waals surface area contributed by atoms with Gasteiger partial charge in [0.1, 0.15) is 5.75 Å². The molecule has 154 valence electrons. The van der Waals surface area contributed by atoms with Gasteiger partial charge in [-0.15, -0.1) is 24.0 Å². The first kappa shape index (κ1) is 22.7. The molecular formula is C22H28IN5O. The summed E-state index contributed by atoms with van der Waals surface area (Å²) in [6.45, 7) is 6.70. The van der Waals surface area contributed by atoms with Gasteiger partial charge in [-0.05, 0) is 31.5 Å². The Hall–Kier alpha value is -2.55. The molecule has 0 spiro atoms. The molecule has 1 heterocycles. The number of hydrogen-bond acceptors (Lipinski definition) is 3. The van der Waals surface area contributed by atoms with Crippen molar-refractivity contribution in [2.75, 3.05) is 13.2 Å². The van der Waals surface area contributed by atoms with Crippen LogP contribution in [0.1, 0.15) is 25.0 Å². The van der Waals surface area contributed by atoms with Crippen molar-refractivity contribution in [3.8, 4) is 11.4 Å². The Morgan fingerprint density at radius 3 is 2.52 bits per heavy atom. The van der Waals surface area contributed by atoms with E-state index in [9.17, 15) is 0 Å². The van der Waals surface area contributed by atoms with Gasteiger partial charge in [0.25, 0.3) is 0 Å². The van der Waals surface area contributed by atoms with Crippen LogP contribution in [0.25, 0.3) is 5.69 Å². The van der Waals surface area contributed by atoms with E-state index in [-0.39, 0.29) is 24.0 Å². The van der Waals surface area contributed by atoms with Gasteiger partial charge in [0.05, 0.1) is 25.2 Å². The van der Waals surface area contributed by atoms with Crippen LogP contribution in [0.4, 0.5) is 0 Å². The maximum Gasteiger partial charge on any atom is 0.191 e. The van der Waals surface area contributed by atoms with Crippen LogP contribution < -0.4 is 15.4 Å². The first-order chi connectivity index (χ1) is 13.8. The SMILES string of the molecule is CCNC(=NCc1ccccc1OCC)NCc1ccccc1-n1ccnc1.I. The molecule has 0 radical (unpaired) electrons. The Bertz CT molecular complexity index is 896. The van der Waals surface area contributed by atoms with Crippen LogP contribution in [0, 0.1) is 0 Å². The third-order valence-corrected chi connectivity index (χ3v) is 4.24. The number of nitrogens with zero attached hydrogens (tertiary/aromatic N) is 3. The largest absolute Gasteiger partial charge is 0.494 e. The second-order valence-corrected chi connectivity index (χ2v) is 6.19. The molecule has 0 atom stereocenters. The summed E-state index contributed by atoms with van der Waals surface area (Å²) >= 11 is 0. The lowest BCUT2D eigenvalue weighted by Crippen LogP contribution is -2.37. The maximum absolute atomic E-state index is 5.70. The standard InChI is InChI=1S/C22H27N5O.HI/c1-3-24-22(26-16-19-10-6-8-12-21(19)28-4-2)25-15-18-9-5-7-11-20(18)27-14-13-23-17-27;/h5-14,17H,3-4,15-16H2,1-2H3,(H2,24,25,26);1H. The smallest absolute Gasteiger partial charge is 0.191 e. The summed E-state index contributed by atoms with van der Waals surface area (Å²) < 4.78 is 7.71. The van der Waals surface area contributed by atoms with E-state index >= 15 is 0 Å². The molecule has 0 unspecified atom stereocenters. The van der Waals surface area contributed by atoms with E-state index in [1.807, 2.05) is 60.4 Å². The second-order valence-electron chi connectivity index (χ2n) is 6.19. The first-order valence-corrected chi connectivity index (χ1v) is 9.61. The number of aromatic nitrogens is 2. The topological polar surface area (TPSA) is 63.5 Å². The fraction of sp³-hybridized carbons (Fsp3) is 0.273. The normalized spacial score (nSPS) is 10.9. The molecule has 7 heteroatoms. The molecule has 0 saturated heterocycles. The lowest BCUT2D eigenvalue weighted by atomic mass is 10.1. The second kappa shape index (κ2) is 12.1. The van der Waals surface area contributed by atoms with Gasteiger partial charge < -0.3 is 19.9 Å². The zero-order chi connectivity index (χ0) is 19.6. The average Bonchev–Trinajstić information content (AvgIpc) is 3.26. The first-order valence-electron chi connectivity index (χ1n) is 9.61. The van der Waals surface area contributed by atoms with Crippen LogP contribution in [-0.4, -0.2) is 28.7 Å². The van der Waals surface area contributed by atoms with Crippen molar-refractivity contribution in [3.63, 3.8) is 0 Å². The molecule has 1 aromatic heterocycles. The van der Waals surface area contributed by atoms with E-state index in [1.165, 1.54) is 5.56 Å². The van der Waals surface area contributed by atoms with Crippen LogP contribution in [-0.2, 0) is 13.1 Å². The maximum atomic E-state index is 5.70. The van der Waals surface area contributed by atoms with Gasteiger partial charge in [-0.3, -0.25) is 0 Å². The molecule has 0 bridgehead atoms. The summed E-state index contributed by atoms with van der Waals surface area (Å²) in [5.74, 6) is 1.66. The highest BCUT2D eigenvalue weighted by Gasteiger charge is 2.06. The van der Waals surface area contributed by atoms with E-state index in [0.29, 0.717) is 19.7 Å². The molecule has 29 heavy (non-hydrogen) atoms. The predicted molar refractivity (Wildman–Crippen MR) is 128 cm³/mol. The fourth-order valence-corrected chi connectivity index (χ4v) is 2.93. The van der Waals surface area contributed by atoms with E-state index in [2.05, 4.69) is 34.7 Å². The van der Waals surface area contributed by atoms with Crippen molar-refractivity contribution < 1.29 is 4.74 Å². The quantitative estimate of drug-likeness (QED) is 0.275. The van der Waals surface area contributed by atoms with Gasteiger partial charge in [-0.2, -0.15) is 0 Å². The summed E-state index contributed by atoms with van der Waals surface area (Å²) in [6.07, 6.45) is 5.54. The molecule has 2 aromatic carbocycles. The average molecular weight is 505 g/mol. The third-order valence-electron chi connectivity index (χ3n) is 4.24. The van der Waals surface area contributed by atoms with Gasteiger partial charge >= 0.3 is 0 Å². The van der Waals surface area contributed by atoms with Gasteiger partial charge in [0.15, 0.2) is 5.96 Å². The summed E-state index contributed by atoms with van der Waals surface area (Å²) in [6, 6.07) is 16.3. The number of aliphatic imine (C=N–C) groups is 1. The Morgan fingerprint density at radius 1 is 1.03 bits per heavy atom. The molecular weight excluding hydrogens is 477 g/mol. The Kier molecular flexibility index (Phi) is 9.49. The zero-order valence-electron chi connectivity index (χ0n) is 16.8. The number of imidazole rings is 1. The van der Waals surface area contributed by atoms with Crippen molar-refractivity contribution >= 4 is 29.9 Å². The number of halogens is 1. The molecule has 0 saturated carbocycles. The lowest BCUT2D eigenvalue weighted by molar-refractivity contribution is 0.336. The molecule has 0 amide bonds. The van der Waals surface area contributed by atoms with E-state index in [0.717, 1.165) is 29.5 Å². The number of para-hydroxylation sites is 2. The van der Waals surface area contributed by atoms with Crippen molar-refractivity contribution in [3.05, 3.63) is 78.4 Å². The summed E-state index contributed by atoms with van der Waals surface area (Å²) in [5.41, 5.74) is 3.34. The predicted octanol–water partition coefficient (Wildman–Crippen LogP) is 4.14. The molecule has 6 nitrogen and oxygen atoms in total. The number of nitrogens with one attached hydrogen (secondary N) is 2. The Labute approximate surface area is 189 Å². The van der Waals surface area contributed by atoms with Crippen molar-refractivity contribution in [1.82, 2.24) is 20.2 Å². The van der Waals surface area contributed by atoms with Gasteiger partial charge in [-0.1, -0.05) is 36.4 Å². The highest BCUT2D eigenvalue weighted by molar-refractivity contribution is 14.0. The molecule has 0 aliphatic heterocycles. The molecule has 2 N–H and O–H groups in total. The Morgan fingerprint density at radius 2 is 1.79 bits per heavy atom. The number of benzene rings is 2. The summed E-state index contributed by atoms with van der Waals surface area (Å²) in [7, 11) is 0. The minimum absolute atomic E-state index is 0. The molecule has 0 fully saturated rings. The van der Waals surface area contributed by atoms with Crippen LogP contribution in [0.5, 0.6) is 5.75 Å². The number of rotatable bonds is 8. The fourth-order valence-electron chi connectivity index (χ4n) is 2.93. The van der Waals surface area contributed by atoms with Gasteiger partial charge in [0.2, 0.25) is 0 Å².